The van der Waals surface area contributed by atoms with Crippen molar-refractivity contribution >= 4 is 33.0 Å². The Morgan fingerprint density at radius 1 is 1.56 bits per heavy atom. The number of anilines is 1. The van der Waals surface area contributed by atoms with Crippen LogP contribution in [-0.4, -0.2) is 27.3 Å². The third-order valence-corrected chi connectivity index (χ3v) is 3.39. The van der Waals surface area contributed by atoms with Gasteiger partial charge in [0.05, 0.1) is 12.8 Å². The Morgan fingerprint density at radius 2 is 2.19 bits per heavy atom. The topological polar surface area (TPSA) is 72.5 Å². The van der Waals surface area contributed by atoms with E-state index in [0.717, 1.165) is 18.4 Å². The molecule has 1 aromatic heterocycles. The molecule has 1 aromatic rings. The van der Waals surface area contributed by atoms with Crippen molar-refractivity contribution in [2.75, 3.05) is 11.8 Å². The van der Waals surface area contributed by atoms with Crippen molar-refractivity contribution in [3.8, 4) is 0 Å². The van der Waals surface area contributed by atoms with E-state index in [1.54, 1.807) is 4.72 Å². The van der Waals surface area contributed by atoms with E-state index in [2.05, 4.69) is 4.74 Å². The standard InChI is InChI=1S/C7H7F2NO4S2/c1-14-6(11)5-4(2-3-15-5)10-16(12,13)7(8)9/h2-3,7,10H,1H3. The largest absolute Gasteiger partial charge is 0.465 e. The molecule has 16 heavy (non-hydrogen) atoms. The first kappa shape index (κ1) is 12.8. The average Bonchev–Trinajstić information content (AvgIpc) is 2.63. The van der Waals surface area contributed by atoms with Crippen LogP contribution in [0.15, 0.2) is 11.4 Å². The number of halogens is 2. The van der Waals surface area contributed by atoms with Crippen molar-refractivity contribution < 1.29 is 26.7 Å². The minimum absolute atomic E-state index is 0.0771. The first-order chi connectivity index (χ1) is 7.38. The SMILES string of the molecule is COC(=O)c1sccc1NS(=O)(=O)C(F)F. The summed E-state index contributed by atoms with van der Waals surface area (Å²) in [5.41, 5.74) is -0.211. The second-order valence-corrected chi connectivity index (χ2v) is 5.13. The van der Waals surface area contributed by atoms with Crippen LogP contribution < -0.4 is 4.72 Å². The molecule has 0 amide bonds. The van der Waals surface area contributed by atoms with E-state index in [4.69, 9.17) is 0 Å². The van der Waals surface area contributed by atoms with Gasteiger partial charge in [-0.1, -0.05) is 0 Å². The Hall–Kier alpha value is -1.22. The number of thiophene rings is 1. The van der Waals surface area contributed by atoms with Gasteiger partial charge >= 0.3 is 11.7 Å². The molecule has 0 aromatic carbocycles. The van der Waals surface area contributed by atoms with Crippen LogP contribution in [-0.2, 0) is 14.8 Å². The summed E-state index contributed by atoms with van der Waals surface area (Å²) < 4.78 is 51.8. The number of methoxy groups -OCH3 is 1. The normalized spacial score (nSPS) is 11.5. The zero-order valence-corrected chi connectivity index (χ0v) is 9.57. The molecule has 0 bridgehead atoms. The number of hydrogen-bond acceptors (Lipinski definition) is 5. The number of carbonyl (C=O) groups excluding carboxylic acids is 1. The van der Waals surface area contributed by atoms with Crippen LogP contribution in [0.5, 0.6) is 0 Å². The predicted octanol–water partition coefficient (Wildman–Crippen LogP) is 1.50. The molecule has 1 heterocycles. The number of rotatable bonds is 4. The lowest BCUT2D eigenvalue weighted by Gasteiger charge is -2.06. The number of esters is 1. The second kappa shape index (κ2) is 4.74. The van der Waals surface area contributed by atoms with Gasteiger partial charge in [0.1, 0.15) is 4.88 Å². The molecule has 0 aliphatic rings. The molecule has 0 unspecified atom stereocenters. The number of alkyl halides is 2. The van der Waals surface area contributed by atoms with Crippen molar-refractivity contribution in [2.45, 2.75) is 5.76 Å². The third-order valence-electron chi connectivity index (χ3n) is 1.52. The molecule has 9 heteroatoms. The molecule has 0 radical (unpaired) electrons. The summed E-state index contributed by atoms with van der Waals surface area (Å²) in [5, 5.41) is 1.38. The molecule has 1 N–H and O–H groups in total. The number of ether oxygens (including phenoxy) is 1. The molecule has 0 aliphatic carbocycles. The van der Waals surface area contributed by atoms with E-state index in [1.165, 1.54) is 11.4 Å². The number of nitrogens with one attached hydrogen (secondary N) is 1. The number of hydrogen-bond donors (Lipinski definition) is 1. The summed E-state index contributed by atoms with van der Waals surface area (Å²) in [5.74, 6) is -4.35. The summed E-state index contributed by atoms with van der Waals surface area (Å²) in [6.45, 7) is 0. The van der Waals surface area contributed by atoms with Gasteiger partial charge in [0.15, 0.2) is 0 Å². The summed E-state index contributed by atoms with van der Waals surface area (Å²) in [6.07, 6.45) is 0. The van der Waals surface area contributed by atoms with Gasteiger partial charge in [-0.2, -0.15) is 8.78 Å². The van der Waals surface area contributed by atoms with E-state index in [-0.39, 0.29) is 10.6 Å². The molecule has 0 saturated carbocycles. The maximum atomic E-state index is 12.1. The van der Waals surface area contributed by atoms with Gasteiger partial charge < -0.3 is 4.74 Å². The first-order valence-corrected chi connectivity index (χ1v) is 6.26. The minimum Gasteiger partial charge on any atom is -0.465 e. The van der Waals surface area contributed by atoms with E-state index in [9.17, 15) is 22.0 Å². The van der Waals surface area contributed by atoms with Crippen LogP contribution in [0.4, 0.5) is 14.5 Å². The lowest BCUT2D eigenvalue weighted by molar-refractivity contribution is 0.0607. The molecule has 1 rings (SSSR count). The summed E-state index contributed by atoms with van der Waals surface area (Å²) in [4.78, 5) is 11.0. The van der Waals surface area contributed by atoms with Crippen molar-refractivity contribution in [2.24, 2.45) is 0 Å². The highest BCUT2D eigenvalue weighted by Crippen LogP contribution is 2.25. The summed E-state index contributed by atoms with van der Waals surface area (Å²) in [6, 6.07) is 1.21. The minimum atomic E-state index is -4.77. The van der Waals surface area contributed by atoms with Crippen molar-refractivity contribution in [3.05, 3.63) is 16.3 Å². The maximum Gasteiger partial charge on any atom is 0.355 e. The van der Waals surface area contributed by atoms with Crippen LogP contribution in [0.25, 0.3) is 0 Å². The van der Waals surface area contributed by atoms with E-state index in [1.807, 2.05) is 0 Å². The fourth-order valence-corrected chi connectivity index (χ4v) is 2.23. The third kappa shape index (κ3) is 2.67. The fourth-order valence-electron chi connectivity index (χ4n) is 0.838. The van der Waals surface area contributed by atoms with Crippen molar-refractivity contribution in [1.82, 2.24) is 0 Å². The van der Waals surface area contributed by atoms with Crippen LogP contribution in [0.3, 0.4) is 0 Å². The summed E-state index contributed by atoms with van der Waals surface area (Å²) >= 11 is 0.888. The Labute approximate surface area is 94.1 Å². The summed E-state index contributed by atoms with van der Waals surface area (Å²) in [7, 11) is -3.67. The van der Waals surface area contributed by atoms with Gasteiger partial charge in [-0.3, -0.25) is 4.72 Å². The fraction of sp³-hybridized carbons (Fsp3) is 0.286. The highest BCUT2D eigenvalue weighted by molar-refractivity contribution is 7.93. The van der Waals surface area contributed by atoms with Gasteiger partial charge in [-0.05, 0) is 11.4 Å². The highest BCUT2D eigenvalue weighted by Gasteiger charge is 2.26. The second-order valence-electron chi connectivity index (χ2n) is 2.56. The van der Waals surface area contributed by atoms with Gasteiger partial charge in [-0.15, -0.1) is 11.3 Å². The van der Waals surface area contributed by atoms with Gasteiger partial charge in [-0.25, -0.2) is 13.2 Å². The molecule has 90 valence electrons. The smallest absolute Gasteiger partial charge is 0.355 e. The molecule has 0 atom stereocenters. The molecule has 0 fully saturated rings. The monoisotopic (exact) mass is 271 g/mol. The highest BCUT2D eigenvalue weighted by atomic mass is 32.2. The van der Waals surface area contributed by atoms with Gasteiger partial charge in [0, 0.05) is 0 Å². The number of sulfonamides is 1. The Bertz CT molecular complexity index is 482. The Balaban J connectivity index is 3.00. The predicted molar refractivity (Wildman–Crippen MR) is 54.2 cm³/mol. The van der Waals surface area contributed by atoms with Crippen molar-refractivity contribution in [1.29, 1.82) is 0 Å². The molecule has 0 saturated heterocycles. The molecule has 0 aliphatic heterocycles. The average molecular weight is 271 g/mol. The lowest BCUT2D eigenvalue weighted by atomic mass is 10.4. The van der Waals surface area contributed by atoms with E-state index >= 15 is 0 Å². The van der Waals surface area contributed by atoms with E-state index in [0.29, 0.717) is 0 Å². The quantitative estimate of drug-likeness (QED) is 0.842. The molecular formula is C7H7F2NO4S2. The van der Waals surface area contributed by atoms with E-state index < -0.39 is 21.8 Å². The zero-order chi connectivity index (χ0) is 12.3. The lowest BCUT2D eigenvalue weighted by Crippen LogP contribution is -2.21. The first-order valence-electron chi connectivity index (χ1n) is 3.84. The van der Waals surface area contributed by atoms with Crippen LogP contribution in [0.2, 0.25) is 0 Å². The molecular weight excluding hydrogens is 264 g/mol. The van der Waals surface area contributed by atoms with Gasteiger partial charge in [0.25, 0.3) is 10.0 Å². The maximum absolute atomic E-state index is 12.1. The van der Waals surface area contributed by atoms with Crippen LogP contribution >= 0.6 is 11.3 Å². The Morgan fingerprint density at radius 3 is 2.69 bits per heavy atom. The van der Waals surface area contributed by atoms with Gasteiger partial charge in [0.2, 0.25) is 0 Å². The Kier molecular flexibility index (Phi) is 3.81. The van der Waals surface area contributed by atoms with Crippen LogP contribution in [0.1, 0.15) is 9.67 Å². The zero-order valence-electron chi connectivity index (χ0n) is 7.94. The number of carbonyl (C=O) groups is 1. The van der Waals surface area contributed by atoms with Crippen LogP contribution in [0, 0.1) is 0 Å². The molecule has 5 nitrogen and oxygen atoms in total. The van der Waals surface area contributed by atoms with Crippen molar-refractivity contribution in [3.63, 3.8) is 0 Å². The molecule has 0 spiro atoms.